The lowest BCUT2D eigenvalue weighted by molar-refractivity contribution is -0.153. The minimum absolute atomic E-state index is 0.0335. The molecule has 0 atom stereocenters. The number of hydrogen-bond donors (Lipinski definition) is 0. The van der Waals surface area contributed by atoms with Gasteiger partial charge in [0.15, 0.2) is 0 Å². The topological polar surface area (TPSA) is 112 Å². The molecule has 1 aliphatic heterocycles. The van der Waals surface area contributed by atoms with E-state index in [0.29, 0.717) is 0 Å². The lowest BCUT2D eigenvalue weighted by Crippen LogP contribution is -2.42. The molecule has 0 saturated heterocycles. The zero-order chi connectivity index (χ0) is 30.3. The number of ether oxygens (including phenoxy) is 3. The van der Waals surface area contributed by atoms with Crippen molar-refractivity contribution in [1.82, 2.24) is 4.31 Å². The third-order valence-corrected chi connectivity index (χ3v) is 8.55. The van der Waals surface area contributed by atoms with Gasteiger partial charge in [-0.2, -0.15) is 0 Å². The van der Waals surface area contributed by atoms with Crippen LogP contribution in [0.2, 0.25) is 0 Å². The Morgan fingerprint density at radius 2 is 1.44 bits per heavy atom. The van der Waals surface area contributed by atoms with E-state index in [9.17, 15) is 18.0 Å². The summed E-state index contributed by atoms with van der Waals surface area (Å²) in [6.45, 7) is 7.31. The highest BCUT2D eigenvalue weighted by Crippen LogP contribution is 2.36. The van der Waals surface area contributed by atoms with Crippen LogP contribution in [0.4, 0.5) is 5.69 Å². The molecule has 0 bridgehead atoms. The highest BCUT2D eigenvalue weighted by molar-refractivity contribution is 7.90. The Morgan fingerprint density at radius 3 is 1.98 bits per heavy atom. The lowest BCUT2D eigenvalue weighted by atomic mass is 10.0. The van der Waals surface area contributed by atoms with Crippen molar-refractivity contribution in [3.63, 3.8) is 0 Å². The number of amidine groups is 1. The predicted molar refractivity (Wildman–Crippen MR) is 161 cm³/mol. The van der Waals surface area contributed by atoms with Gasteiger partial charge in [0, 0.05) is 7.11 Å². The quantitative estimate of drug-likeness (QED) is 0.122. The summed E-state index contributed by atoms with van der Waals surface area (Å²) in [5.41, 5.74) is -0.745. The summed E-state index contributed by atoms with van der Waals surface area (Å²) in [4.78, 5) is 29.8. The fraction of sp³-hybridized carbons (Fsp3) is 0.710. The maximum Gasteiger partial charge on any atom is 0.340 e. The number of para-hydroxylation sites is 1. The number of fused-ring (bicyclic) bond motifs is 1. The molecule has 1 aromatic rings. The third-order valence-electron chi connectivity index (χ3n) is 6.77. The van der Waals surface area contributed by atoms with Gasteiger partial charge in [-0.3, -0.25) is 4.79 Å². The zero-order valence-corrected chi connectivity index (χ0v) is 26.5. The SMILES string of the molecule is CCCCCCCCCCCCCCCOC(=O)c1cccc2c1N=C(CC(=O)OC(C)(C)C)N(COC)S2(=O)=O. The Labute approximate surface area is 247 Å². The number of carbonyl (C=O) groups excluding carboxylic acids is 2. The molecule has 9 nitrogen and oxygen atoms in total. The summed E-state index contributed by atoms with van der Waals surface area (Å²) in [7, 11) is -2.78. The first-order chi connectivity index (χ1) is 19.5. The minimum Gasteiger partial charge on any atom is -0.462 e. The highest BCUT2D eigenvalue weighted by Gasteiger charge is 2.37. The van der Waals surface area contributed by atoms with Crippen LogP contribution >= 0.6 is 0 Å². The number of unbranched alkanes of at least 4 members (excludes halogenated alkanes) is 12. The van der Waals surface area contributed by atoms with Gasteiger partial charge in [-0.05, 0) is 39.3 Å². The van der Waals surface area contributed by atoms with Gasteiger partial charge >= 0.3 is 11.9 Å². The van der Waals surface area contributed by atoms with Gasteiger partial charge in [0.25, 0.3) is 10.0 Å². The number of sulfonamides is 1. The van der Waals surface area contributed by atoms with Crippen molar-refractivity contribution in [3.8, 4) is 0 Å². The van der Waals surface area contributed by atoms with E-state index in [1.165, 1.54) is 89.5 Å². The largest absolute Gasteiger partial charge is 0.462 e. The summed E-state index contributed by atoms with van der Waals surface area (Å²) in [6, 6.07) is 4.35. The van der Waals surface area contributed by atoms with E-state index < -0.39 is 34.0 Å². The summed E-state index contributed by atoms with van der Waals surface area (Å²) in [5, 5.41) is 0. The zero-order valence-electron chi connectivity index (χ0n) is 25.7. The first-order valence-electron chi connectivity index (χ1n) is 15.1. The van der Waals surface area contributed by atoms with E-state index in [1.807, 2.05) is 0 Å². The van der Waals surface area contributed by atoms with E-state index >= 15 is 0 Å². The van der Waals surface area contributed by atoms with Crippen molar-refractivity contribution >= 4 is 33.5 Å². The van der Waals surface area contributed by atoms with Gasteiger partial charge in [0.2, 0.25) is 0 Å². The highest BCUT2D eigenvalue weighted by atomic mass is 32.2. The molecule has 0 unspecified atom stereocenters. The van der Waals surface area contributed by atoms with Crippen LogP contribution in [0, 0.1) is 0 Å². The number of esters is 2. The molecule has 0 amide bonds. The second-order valence-electron chi connectivity index (χ2n) is 11.6. The Morgan fingerprint density at radius 1 is 0.878 bits per heavy atom. The van der Waals surface area contributed by atoms with Crippen molar-refractivity contribution in [2.75, 3.05) is 20.4 Å². The lowest BCUT2D eigenvalue weighted by Gasteiger charge is -2.30. The number of carbonyl (C=O) groups is 2. The number of rotatable bonds is 19. The minimum atomic E-state index is -4.13. The van der Waals surface area contributed by atoms with Gasteiger partial charge in [-0.25, -0.2) is 22.5 Å². The van der Waals surface area contributed by atoms with Crippen molar-refractivity contribution < 1.29 is 32.2 Å². The fourth-order valence-electron chi connectivity index (χ4n) is 4.71. The number of methoxy groups -OCH3 is 1. The molecule has 41 heavy (non-hydrogen) atoms. The smallest absolute Gasteiger partial charge is 0.340 e. The van der Waals surface area contributed by atoms with Crippen LogP contribution in [-0.4, -0.2) is 56.5 Å². The van der Waals surface area contributed by atoms with E-state index in [0.717, 1.165) is 23.6 Å². The molecule has 0 aliphatic carbocycles. The van der Waals surface area contributed by atoms with Gasteiger partial charge in [-0.15, -0.1) is 0 Å². The van der Waals surface area contributed by atoms with Gasteiger partial charge in [0.05, 0.1) is 12.2 Å². The van der Waals surface area contributed by atoms with Crippen molar-refractivity contribution in [3.05, 3.63) is 23.8 Å². The molecule has 1 aromatic carbocycles. The molecule has 0 fully saturated rings. The average Bonchev–Trinajstić information content (AvgIpc) is 2.89. The van der Waals surface area contributed by atoms with Gasteiger partial charge in [0.1, 0.15) is 35.2 Å². The second-order valence-corrected chi connectivity index (χ2v) is 13.4. The fourth-order valence-corrected chi connectivity index (χ4v) is 6.23. The first kappa shape index (κ1) is 34.7. The average molecular weight is 595 g/mol. The summed E-state index contributed by atoms with van der Waals surface area (Å²) >= 11 is 0. The Bertz CT molecular complexity index is 1110. The molecule has 0 N–H and O–H groups in total. The van der Waals surface area contributed by atoms with Crippen molar-refractivity contribution in [1.29, 1.82) is 0 Å². The van der Waals surface area contributed by atoms with Gasteiger partial charge < -0.3 is 14.2 Å². The van der Waals surface area contributed by atoms with Crippen LogP contribution in [-0.2, 0) is 29.0 Å². The Kier molecular flexibility index (Phi) is 14.8. The summed E-state index contributed by atoms with van der Waals surface area (Å²) in [5.74, 6) is -1.36. The number of benzene rings is 1. The number of nitrogens with zero attached hydrogens (tertiary/aromatic N) is 2. The molecule has 2 rings (SSSR count). The maximum absolute atomic E-state index is 13.4. The molecule has 10 heteroatoms. The molecule has 0 aromatic heterocycles. The molecule has 0 saturated carbocycles. The van der Waals surface area contributed by atoms with Crippen LogP contribution in [0.5, 0.6) is 0 Å². The normalized spacial score (nSPS) is 14.4. The van der Waals surface area contributed by atoms with Crippen LogP contribution < -0.4 is 0 Å². The first-order valence-corrected chi connectivity index (χ1v) is 16.6. The van der Waals surface area contributed by atoms with Crippen LogP contribution in [0.25, 0.3) is 0 Å². The van der Waals surface area contributed by atoms with E-state index in [-0.39, 0.29) is 35.3 Å². The van der Waals surface area contributed by atoms with E-state index in [2.05, 4.69) is 11.9 Å². The van der Waals surface area contributed by atoms with Crippen molar-refractivity contribution in [2.24, 2.45) is 4.99 Å². The van der Waals surface area contributed by atoms with Crippen LogP contribution in [0.1, 0.15) is 128 Å². The number of hydrogen-bond acceptors (Lipinski definition) is 8. The Hall–Kier alpha value is -2.46. The Balaban J connectivity index is 1.90. The van der Waals surface area contributed by atoms with E-state index in [1.54, 1.807) is 20.8 Å². The van der Waals surface area contributed by atoms with Gasteiger partial charge in [-0.1, -0.05) is 90.0 Å². The molecular weight excluding hydrogens is 544 g/mol. The van der Waals surface area contributed by atoms with Crippen LogP contribution in [0.15, 0.2) is 28.1 Å². The summed E-state index contributed by atoms with van der Waals surface area (Å²) in [6.07, 6.45) is 15.5. The number of aliphatic imine (C=N–C) groups is 1. The molecule has 0 radical (unpaired) electrons. The summed E-state index contributed by atoms with van der Waals surface area (Å²) < 4.78 is 43.7. The van der Waals surface area contributed by atoms with Crippen molar-refractivity contribution in [2.45, 2.75) is 128 Å². The van der Waals surface area contributed by atoms with E-state index in [4.69, 9.17) is 14.2 Å². The molecule has 232 valence electrons. The predicted octanol–water partition coefficient (Wildman–Crippen LogP) is 7.30. The maximum atomic E-state index is 13.4. The molecule has 0 spiro atoms. The van der Waals surface area contributed by atoms with Crippen LogP contribution in [0.3, 0.4) is 0 Å². The molecule has 1 aliphatic rings. The third kappa shape index (κ3) is 11.7. The standard InChI is InChI=1S/C31H50N2O7S/c1-6-7-8-9-10-11-12-13-14-15-16-17-18-22-39-30(35)25-20-19-21-26-29(25)32-27(23-28(34)40-31(2,3)4)33(24-38-5)41(26,36)37/h19-21H,6-18,22-24H2,1-5H3. The second kappa shape index (κ2) is 17.5. The molecule has 1 heterocycles. The monoisotopic (exact) mass is 594 g/mol. The molecular formula is C31H50N2O7S.